The predicted molar refractivity (Wildman–Crippen MR) is 76.6 cm³/mol. The zero-order valence-electron chi connectivity index (χ0n) is 12.2. The van der Waals surface area contributed by atoms with E-state index in [0.717, 1.165) is 13.0 Å². The number of carbonyl (C=O) groups excluding carboxylic acids is 1. The molecule has 1 saturated heterocycles. The molecule has 4 unspecified atom stereocenters. The monoisotopic (exact) mass is 292 g/mol. The van der Waals surface area contributed by atoms with Crippen LogP contribution in [-0.4, -0.2) is 44.9 Å². The van der Waals surface area contributed by atoms with Crippen LogP contribution in [0.5, 0.6) is 11.5 Å². The largest absolute Gasteiger partial charge is 0.497 e. The summed E-state index contributed by atoms with van der Waals surface area (Å²) in [7, 11) is 3.09. The van der Waals surface area contributed by atoms with Gasteiger partial charge in [0.15, 0.2) is 0 Å². The molecule has 1 heterocycles. The van der Waals surface area contributed by atoms with E-state index < -0.39 is 0 Å². The quantitative estimate of drug-likeness (QED) is 0.847. The number of ether oxygens (including phenoxy) is 3. The van der Waals surface area contributed by atoms with Crippen LogP contribution in [0, 0.1) is 5.92 Å². The van der Waals surface area contributed by atoms with Gasteiger partial charge in [-0.2, -0.15) is 0 Å². The van der Waals surface area contributed by atoms with Crippen LogP contribution in [0.2, 0.25) is 0 Å². The zero-order chi connectivity index (χ0) is 15.0. The van der Waals surface area contributed by atoms with Gasteiger partial charge in [-0.1, -0.05) is 0 Å². The summed E-state index contributed by atoms with van der Waals surface area (Å²) in [5.41, 5.74) is 6.55. The second kappa shape index (κ2) is 5.54. The topological polar surface area (TPSA) is 82.8 Å². The fourth-order valence-electron chi connectivity index (χ4n) is 3.15. The second-order valence-corrected chi connectivity index (χ2v) is 5.43. The van der Waals surface area contributed by atoms with Crippen molar-refractivity contribution in [1.29, 1.82) is 0 Å². The number of hydrogen-bond donors (Lipinski definition) is 2. The van der Waals surface area contributed by atoms with Gasteiger partial charge in [-0.15, -0.1) is 0 Å². The van der Waals surface area contributed by atoms with Crippen LogP contribution in [0.1, 0.15) is 16.8 Å². The summed E-state index contributed by atoms with van der Waals surface area (Å²) < 4.78 is 16.0. The van der Waals surface area contributed by atoms with Crippen molar-refractivity contribution >= 4 is 5.91 Å². The van der Waals surface area contributed by atoms with Crippen molar-refractivity contribution in [3.8, 4) is 11.5 Å². The molecule has 1 aliphatic carbocycles. The molecule has 3 N–H and O–H groups in total. The lowest BCUT2D eigenvalue weighted by molar-refractivity contribution is -0.0161. The number of amides is 1. The minimum absolute atomic E-state index is 0.0422. The Bertz CT molecular complexity index is 548. The van der Waals surface area contributed by atoms with E-state index in [1.54, 1.807) is 25.3 Å². The summed E-state index contributed by atoms with van der Waals surface area (Å²) in [4.78, 5) is 12.5. The first-order valence-electron chi connectivity index (χ1n) is 7.05. The molecule has 0 aromatic heterocycles. The van der Waals surface area contributed by atoms with Gasteiger partial charge in [0, 0.05) is 18.6 Å². The molecule has 2 fully saturated rings. The van der Waals surface area contributed by atoms with E-state index in [-0.39, 0.29) is 24.1 Å². The van der Waals surface area contributed by atoms with Crippen LogP contribution < -0.4 is 20.5 Å². The van der Waals surface area contributed by atoms with Gasteiger partial charge in [-0.25, -0.2) is 0 Å². The number of methoxy groups -OCH3 is 2. The molecular formula is C15H20N2O4. The van der Waals surface area contributed by atoms with Gasteiger partial charge >= 0.3 is 0 Å². The Morgan fingerprint density at radius 3 is 2.90 bits per heavy atom. The van der Waals surface area contributed by atoms with E-state index in [1.807, 2.05) is 0 Å². The summed E-state index contributed by atoms with van der Waals surface area (Å²) in [6.07, 6.45) is 1.02. The molecule has 6 heteroatoms. The van der Waals surface area contributed by atoms with Gasteiger partial charge in [0.2, 0.25) is 0 Å². The highest BCUT2D eigenvalue weighted by molar-refractivity contribution is 5.97. The Labute approximate surface area is 123 Å². The van der Waals surface area contributed by atoms with Gasteiger partial charge in [-0.3, -0.25) is 4.79 Å². The maximum absolute atomic E-state index is 12.5. The van der Waals surface area contributed by atoms with Crippen LogP contribution in [0.15, 0.2) is 18.2 Å². The molecule has 1 saturated carbocycles. The molecule has 1 aliphatic heterocycles. The standard InChI is InChI=1S/C15H20N2O4/c1-19-8-3-4-11(20-2)10(7-8)15(18)17-13-12(16)9-5-6-21-14(9)13/h3-4,7,9,12-14H,5-6,16H2,1-2H3,(H,17,18). The highest BCUT2D eigenvalue weighted by Gasteiger charge is 2.52. The van der Waals surface area contributed by atoms with Crippen LogP contribution in [0.25, 0.3) is 0 Å². The van der Waals surface area contributed by atoms with Gasteiger partial charge in [0.05, 0.1) is 31.9 Å². The first-order chi connectivity index (χ1) is 10.2. The number of fused-ring (bicyclic) bond motifs is 1. The fraction of sp³-hybridized carbons (Fsp3) is 0.533. The maximum atomic E-state index is 12.5. The second-order valence-electron chi connectivity index (χ2n) is 5.43. The summed E-state index contributed by atoms with van der Waals surface area (Å²) in [6.45, 7) is 0.720. The van der Waals surface area contributed by atoms with Gasteiger partial charge < -0.3 is 25.3 Å². The minimum atomic E-state index is -0.222. The Morgan fingerprint density at radius 2 is 2.19 bits per heavy atom. The zero-order valence-corrected chi connectivity index (χ0v) is 12.2. The van der Waals surface area contributed by atoms with Crippen LogP contribution in [0.3, 0.4) is 0 Å². The number of hydrogen-bond acceptors (Lipinski definition) is 5. The maximum Gasteiger partial charge on any atom is 0.255 e. The van der Waals surface area contributed by atoms with E-state index in [2.05, 4.69) is 5.32 Å². The predicted octanol–water partition coefficient (Wildman–Crippen LogP) is 0.548. The summed E-state index contributed by atoms with van der Waals surface area (Å²) in [6, 6.07) is 4.94. The lowest BCUT2D eigenvalue weighted by Crippen LogP contribution is -2.68. The highest BCUT2D eigenvalue weighted by atomic mass is 16.5. The van der Waals surface area contributed by atoms with E-state index in [4.69, 9.17) is 19.9 Å². The SMILES string of the molecule is COc1ccc(OC)c(C(=O)NC2C(N)C3CCOC32)c1. The molecule has 3 rings (SSSR count). The molecule has 114 valence electrons. The molecule has 1 aromatic rings. The molecule has 1 aromatic carbocycles. The van der Waals surface area contributed by atoms with Crippen molar-refractivity contribution in [3.05, 3.63) is 23.8 Å². The molecule has 1 amide bonds. The van der Waals surface area contributed by atoms with Crippen molar-refractivity contribution in [1.82, 2.24) is 5.32 Å². The summed E-state index contributed by atoms with van der Waals surface area (Å²) in [5.74, 6) is 1.25. The van der Waals surface area contributed by atoms with Crippen molar-refractivity contribution in [3.63, 3.8) is 0 Å². The Balaban J connectivity index is 1.76. The molecule has 0 spiro atoms. The van der Waals surface area contributed by atoms with E-state index >= 15 is 0 Å². The molecule has 0 bridgehead atoms. The first kappa shape index (κ1) is 14.2. The van der Waals surface area contributed by atoms with Gasteiger partial charge in [0.1, 0.15) is 11.5 Å². The van der Waals surface area contributed by atoms with Crippen LogP contribution >= 0.6 is 0 Å². The third kappa shape index (κ3) is 2.34. The molecule has 21 heavy (non-hydrogen) atoms. The Morgan fingerprint density at radius 1 is 1.38 bits per heavy atom. The molecule has 6 nitrogen and oxygen atoms in total. The van der Waals surface area contributed by atoms with Gasteiger partial charge in [-0.05, 0) is 24.6 Å². The van der Waals surface area contributed by atoms with Gasteiger partial charge in [0.25, 0.3) is 5.91 Å². The van der Waals surface area contributed by atoms with Crippen molar-refractivity contribution in [2.45, 2.75) is 24.6 Å². The van der Waals surface area contributed by atoms with Crippen molar-refractivity contribution < 1.29 is 19.0 Å². The molecule has 2 aliphatic rings. The summed E-state index contributed by atoms with van der Waals surface area (Å²) in [5, 5.41) is 2.96. The van der Waals surface area contributed by atoms with E-state index in [9.17, 15) is 4.79 Å². The Kier molecular flexibility index (Phi) is 3.73. The normalized spacial score (nSPS) is 30.2. The average Bonchev–Trinajstić information content (AvgIpc) is 2.96. The molecule has 4 atom stereocenters. The lowest BCUT2D eigenvalue weighted by Gasteiger charge is -2.45. The first-order valence-corrected chi connectivity index (χ1v) is 7.05. The number of carbonyl (C=O) groups is 1. The average molecular weight is 292 g/mol. The summed E-state index contributed by atoms with van der Waals surface area (Å²) >= 11 is 0. The van der Waals surface area contributed by atoms with Crippen molar-refractivity contribution in [2.24, 2.45) is 11.7 Å². The third-order valence-corrected chi connectivity index (χ3v) is 4.40. The smallest absolute Gasteiger partial charge is 0.255 e. The lowest BCUT2D eigenvalue weighted by atomic mass is 9.72. The van der Waals surface area contributed by atoms with Crippen LogP contribution in [-0.2, 0) is 4.74 Å². The fourth-order valence-corrected chi connectivity index (χ4v) is 3.15. The number of benzene rings is 1. The number of rotatable bonds is 4. The van der Waals surface area contributed by atoms with Crippen LogP contribution in [0.4, 0.5) is 0 Å². The van der Waals surface area contributed by atoms with Crippen molar-refractivity contribution in [2.75, 3.05) is 20.8 Å². The third-order valence-electron chi connectivity index (χ3n) is 4.40. The Hall–Kier alpha value is -1.79. The number of nitrogens with two attached hydrogens (primary N) is 1. The highest BCUT2D eigenvalue weighted by Crippen LogP contribution is 2.38. The van der Waals surface area contributed by atoms with E-state index in [1.165, 1.54) is 7.11 Å². The molecule has 0 radical (unpaired) electrons. The number of nitrogens with one attached hydrogen (secondary N) is 1. The molecular weight excluding hydrogens is 272 g/mol. The minimum Gasteiger partial charge on any atom is -0.497 e. The van der Waals surface area contributed by atoms with E-state index in [0.29, 0.717) is 23.0 Å².